The van der Waals surface area contributed by atoms with E-state index in [4.69, 9.17) is 0 Å². The molecular weight excluding hydrogens is 493 g/mol. The van der Waals surface area contributed by atoms with Crippen molar-refractivity contribution in [2.75, 3.05) is 33.0 Å². The zero-order valence-corrected chi connectivity index (χ0v) is 20.2. The highest BCUT2D eigenvalue weighted by atomic mass is 127. The Balaban J connectivity index is 0.00000450. The average molecular weight is 523 g/mol. The molecule has 0 saturated carbocycles. The summed E-state index contributed by atoms with van der Waals surface area (Å²) in [5, 5.41) is 9.03. The van der Waals surface area contributed by atoms with E-state index in [0.717, 1.165) is 17.7 Å². The van der Waals surface area contributed by atoms with Crippen LogP contribution in [0.3, 0.4) is 0 Å². The van der Waals surface area contributed by atoms with Gasteiger partial charge in [-0.15, -0.1) is 24.0 Å². The Bertz CT molecular complexity index is 866. The molecule has 0 aliphatic heterocycles. The summed E-state index contributed by atoms with van der Waals surface area (Å²) in [6.07, 6.45) is 0.919. The number of aryl methyl sites for hydroxylation is 1. The van der Waals surface area contributed by atoms with Crippen molar-refractivity contribution >= 4 is 47.4 Å². The molecule has 0 saturated heterocycles. The first-order chi connectivity index (χ1) is 13.9. The van der Waals surface area contributed by atoms with Gasteiger partial charge in [0.2, 0.25) is 5.91 Å². The molecule has 0 aliphatic carbocycles. The molecule has 0 aromatic heterocycles. The summed E-state index contributed by atoms with van der Waals surface area (Å²) in [7, 11) is 5.10. The van der Waals surface area contributed by atoms with Gasteiger partial charge in [0.1, 0.15) is 0 Å². The molecule has 7 nitrogen and oxygen atoms in total. The zero-order valence-electron chi connectivity index (χ0n) is 17.9. The lowest BCUT2D eigenvalue weighted by Gasteiger charge is -2.13. The van der Waals surface area contributed by atoms with Crippen LogP contribution in [0, 0.1) is 0 Å². The summed E-state index contributed by atoms with van der Waals surface area (Å²) in [6.45, 7) is 2.70. The van der Waals surface area contributed by atoms with E-state index >= 15 is 0 Å². The molecule has 0 heterocycles. The number of nitrogens with zero attached hydrogens (tertiary/aromatic N) is 2. The molecule has 3 N–H and O–H groups in total. The van der Waals surface area contributed by atoms with Gasteiger partial charge >= 0.3 is 0 Å². The molecule has 162 valence electrons. The van der Waals surface area contributed by atoms with E-state index in [-0.39, 0.29) is 42.3 Å². The maximum absolute atomic E-state index is 12.2. The lowest BCUT2D eigenvalue weighted by Crippen LogP contribution is -2.41. The highest BCUT2D eigenvalue weighted by Gasteiger charge is 2.08. The number of rotatable bonds is 7. The molecule has 0 radical (unpaired) electrons. The van der Waals surface area contributed by atoms with Crippen LogP contribution >= 0.6 is 24.0 Å². The molecule has 0 atom stereocenters. The molecule has 0 spiro atoms. The minimum atomic E-state index is -0.146. The Morgan fingerprint density at radius 3 is 2.30 bits per heavy atom. The molecule has 0 unspecified atom stereocenters. The van der Waals surface area contributed by atoms with Crippen LogP contribution in [-0.2, 0) is 17.8 Å². The molecule has 2 aromatic rings. The number of hydrogen-bond acceptors (Lipinski definition) is 3. The van der Waals surface area contributed by atoms with Gasteiger partial charge in [-0.3, -0.25) is 14.6 Å². The number of carbonyl (C=O) groups is 2. The van der Waals surface area contributed by atoms with Gasteiger partial charge in [0, 0.05) is 38.9 Å². The van der Waals surface area contributed by atoms with Gasteiger partial charge in [-0.1, -0.05) is 31.2 Å². The summed E-state index contributed by atoms with van der Waals surface area (Å²) < 4.78 is 0. The molecule has 2 amide bonds. The molecule has 30 heavy (non-hydrogen) atoms. The molecule has 8 heteroatoms. The van der Waals surface area contributed by atoms with Gasteiger partial charge in [0.05, 0.1) is 6.54 Å². The maximum atomic E-state index is 12.2. The van der Waals surface area contributed by atoms with Crippen LogP contribution in [-0.4, -0.2) is 50.4 Å². The van der Waals surface area contributed by atoms with Gasteiger partial charge in [0.15, 0.2) is 5.96 Å². The number of hydrogen-bond donors (Lipinski definition) is 3. The van der Waals surface area contributed by atoms with Crippen LogP contribution in [0.4, 0.5) is 5.69 Å². The third-order valence-electron chi connectivity index (χ3n) is 4.33. The quantitative estimate of drug-likeness (QED) is 0.296. The smallest absolute Gasteiger partial charge is 0.253 e. The number of carbonyl (C=O) groups excluding carboxylic acids is 2. The number of guanidine groups is 1. The van der Waals surface area contributed by atoms with Crippen molar-refractivity contribution in [2.24, 2.45) is 4.99 Å². The first-order valence-electron chi connectivity index (χ1n) is 9.56. The molecule has 2 rings (SSSR count). The monoisotopic (exact) mass is 523 g/mol. The van der Waals surface area contributed by atoms with Gasteiger partial charge in [-0.2, -0.15) is 0 Å². The fourth-order valence-electron chi connectivity index (χ4n) is 2.67. The Kier molecular flexibility index (Phi) is 10.9. The minimum absolute atomic E-state index is 0. The van der Waals surface area contributed by atoms with Crippen LogP contribution in [0.15, 0.2) is 53.5 Å². The highest BCUT2D eigenvalue weighted by Crippen LogP contribution is 2.10. The first-order valence-corrected chi connectivity index (χ1v) is 9.56. The molecule has 0 aliphatic rings. The number of aliphatic imine (C=N–C) groups is 1. The van der Waals surface area contributed by atoms with Crippen molar-refractivity contribution in [3.63, 3.8) is 0 Å². The number of benzene rings is 2. The van der Waals surface area contributed by atoms with Crippen LogP contribution in [0.25, 0.3) is 0 Å². The van der Waals surface area contributed by atoms with E-state index in [9.17, 15) is 9.59 Å². The Labute approximate surface area is 195 Å². The second kappa shape index (κ2) is 12.8. The summed E-state index contributed by atoms with van der Waals surface area (Å²) in [4.78, 5) is 29.8. The predicted molar refractivity (Wildman–Crippen MR) is 133 cm³/mol. The minimum Gasteiger partial charge on any atom is -0.352 e. The average Bonchev–Trinajstić information content (AvgIpc) is 2.73. The molecule has 2 aromatic carbocycles. The van der Waals surface area contributed by atoms with Crippen molar-refractivity contribution in [3.05, 3.63) is 65.2 Å². The van der Waals surface area contributed by atoms with E-state index < -0.39 is 0 Å². The highest BCUT2D eigenvalue weighted by molar-refractivity contribution is 14.0. The lowest BCUT2D eigenvalue weighted by molar-refractivity contribution is -0.115. The Morgan fingerprint density at radius 2 is 1.70 bits per heavy atom. The SMILES string of the molecule is CCc1cccc(NC(=O)CNC(=NC)NCc2ccc(C(=O)N(C)C)cc2)c1.I. The third kappa shape index (κ3) is 8.02. The predicted octanol–water partition coefficient (Wildman–Crippen LogP) is 2.87. The summed E-state index contributed by atoms with van der Waals surface area (Å²) >= 11 is 0. The lowest BCUT2D eigenvalue weighted by atomic mass is 10.1. The summed E-state index contributed by atoms with van der Waals surface area (Å²) in [6, 6.07) is 15.2. The van der Waals surface area contributed by atoms with Crippen molar-refractivity contribution in [1.29, 1.82) is 0 Å². The Morgan fingerprint density at radius 1 is 1.00 bits per heavy atom. The van der Waals surface area contributed by atoms with Crippen molar-refractivity contribution in [2.45, 2.75) is 19.9 Å². The second-order valence-corrected chi connectivity index (χ2v) is 6.78. The van der Waals surface area contributed by atoms with E-state index in [2.05, 4.69) is 27.9 Å². The van der Waals surface area contributed by atoms with E-state index in [1.54, 1.807) is 38.2 Å². The third-order valence-corrected chi connectivity index (χ3v) is 4.33. The van der Waals surface area contributed by atoms with Crippen LogP contribution in [0.1, 0.15) is 28.4 Å². The largest absolute Gasteiger partial charge is 0.352 e. The Hall–Kier alpha value is -2.62. The van der Waals surface area contributed by atoms with Crippen molar-refractivity contribution in [1.82, 2.24) is 15.5 Å². The van der Waals surface area contributed by atoms with Crippen LogP contribution in [0.5, 0.6) is 0 Å². The number of halogens is 1. The van der Waals surface area contributed by atoms with Crippen molar-refractivity contribution in [3.8, 4) is 0 Å². The normalized spacial score (nSPS) is 10.6. The summed E-state index contributed by atoms with van der Waals surface area (Å²) in [5.41, 5.74) is 3.60. The van der Waals surface area contributed by atoms with E-state index in [1.165, 1.54) is 5.56 Å². The molecule has 0 fully saturated rings. The van der Waals surface area contributed by atoms with Crippen LogP contribution in [0.2, 0.25) is 0 Å². The fraction of sp³-hybridized carbons (Fsp3) is 0.318. The zero-order chi connectivity index (χ0) is 21.2. The van der Waals surface area contributed by atoms with Gasteiger partial charge < -0.3 is 20.9 Å². The number of anilines is 1. The van der Waals surface area contributed by atoms with Gasteiger partial charge in [-0.25, -0.2) is 0 Å². The molecular formula is C22H30IN5O2. The molecule has 0 bridgehead atoms. The van der Waals surface area contributed by atoms with E-state index in [1.807, 2.05) is 36.4 Å². The number of amides is 2. The second-order valence-electron chi connectivity index (χ2n) is 6.78. The van der Waals surface area contributed by atoms with Crippen molar-refractivity contribution < 1.29 is 9.59 Å². The number of nitrogens with one attached hydrogen (secondary N) is 3. The van der Waals surface area contributed by atoms with E-state index in [0.29, 0.717) is 18.1 Å². The van der Waals surface area contributed by atoms with Crippen LogP contribution < -0.4 is 16.0 Å². The van der Waals surface area contributed by atoms with Gasteiger partial charge in [-0.05, 0) is 41.8 Å². The fourth-order valence-corrected chi connectivity index (χ4v) is 2.67. The standard InChI is InChI=1S/C22H29N5O2.HI/c1-5-16-7-6-8-19(13-16)26-20(28)15-25-22(23-2)24-14-17-9-11-18(12-10-17)21(29)27(3)4;/h6-13H,5,14-15H2,1-4H3,(H,26,28)(H2,23,24,25);1H. The first kappa shape index (κ1) is 25.4. The maximum Gasteiger partial charge on any atom is 0.253 e. The van der Waals surface area contributed by atoms with Gasteiger partial charge in [0.25, 0.3) is 5.91 Å². The topological polar surface area (TPSA) is 85.8 Å². The summed E-state index contributed by atoms with van der Waals surface area (Å²) in [5.74, 6) is 0.348.